The van der Waals surface area contributed by atoms with Crippen LogP contribution in [0.1, 0.15) is 5.56 Å². The van der Waals surface area contributed by atoms with Crippen molar-refractivity contribution in [2.45, 2.75) is 23.7 Å². The van der Waals surface area contributed by atoms with Crippen molar-refractivity contribution >= 4 is 31.6 Å². The molecule has 0 fully saturated rings. The molecule has 0 saturated carbocycles. The van der Waals surface area contributed by atoms with Crippen molar-refractivity contribution in [1.82, 2.24) is 0 Å². The SMILES string of the molecule is COc1ccc(CSc2cc(O[Si](C)C)c3ccc(F)cc3c2)cc1. The Bertz CT molecular complexity index is 865. The van der Waals surface area contributed by atoms with E-state index < -0.39 is 9.04 Å². The van der Waals surface area contributed by atoms with Crippen molar-refractivity contribution in [3.63, 3.8) is 0 Å². The maximum Gasteiger partial charge on any atom is 0.274 e. The predicted molar refractivity (Wildman–Crippen MR) is 105 cm³/mol. The van der Waals surface area contributed by atoms with Crippen LogP contribution in [0.15, 0.2) is 59.5 Å². The van der Waals surface area contributed by atoms with Crippen LogP contribution in [0.3, 0.4) is 0 Å². The molecule has 0 N–H and O–H groups in total. The molecule has 0 heterocycles. The van der Waals surface area contributed by atoms with Gasteiger partial charge in [0.2, 0.25) is 0 Å². The van der Waals surface area contributed by atoms with Crippen LogP contribution in [0.4, 0.5) is 4.39 Å². The number of halogens is 1. The molecular weight excluding hydrogens is 351 g/mol. The van der Waals surface area contributed by atoms with Gasteiger partial charge in [0.25, 0.3) is 9.04 Å². The second kappa shape index (κ2) is 7.93. The zero-order valence-corrected chi connectivity index (χ0v) is 16.3. The van der Waals surface area contributed by atoms with Crippen LogP contribution in [0.2, 0.25) is 13.1 Å². The molecule has 1 radical (unpaired) electrons. The Morgan fingerprint density at radius 2 is 1.76 bits per heavy atom. The first-order valence-corrected chi connectivity index (χ1v) is 11.4. The van der Waals surface area contributed by atoms with E-state index in [0.717, 1.165) is 32.9 Å². The fourth-order valence-corrected chi connectivity index (χ4v) is 4.09. The van der Waals surface area contributed by atoms with Gasteiger partial charge in [-0.3, -0.25) is 0 Å². The van der Waals surface area contributed by atoms with Gasteiger partial charge in [-0.2, -0.15) is 0 Å². The summed E-state index contributed by atoms with van der Waals surface area (Å²) < 4.78 is 24.9. The van der Waals surface area contributed by atoms with Crippen molar-refractivity contribution in [2.75, 3.05) is 7.11 Å². The lowest BCUT2D eigenvalue weighted by atomic mass is 10.1. The van der Waals surface area contributed by atoms with Crippen molar-refractivity contribution in [3.05, 3.63) is 66.0 Å². The molecule has 3 aromatic rings. The van der Waals surface area contributed by atoms with E-state index in [-0.39, 0.29) is 5.82 Å². The van der Waals surface area contributed by atoms with Gasteiger partial charge in [0, 0.05) is 16.0 Å². The van der Waals surface area contributed by atoms with E-state index in [1.54, 1.807) is 31.0 Å². The topological polar surface area (TPSA) is 18.5 Å². The lowest BCUT2D eigenvalue weighted by Gasteiger charge is -2.14. The van der Waals surface area contributed by atoms with Crippen molar-refractivity contribution in [2.24, 2.45) is 0 Å². The fraction of sp³-hybridized carbons (Fsp3) is 0.200. The molecule has 3 aromatic carbocycles. The van der Waals surface area contributed by atoms with Crippen molar-refractivity contribution in [3.8, 4) is 11.5 Å². The minimum absolute atomic E-state index is 0.228. The maximum absolute atomic E-state index is 13.6. The van der Waals surface area contributed by atoms with Gasteiger partial charge in [-0.1, -0.05) is 12.1 Å². The first-order valence-electron chi connectivity index (χ1n) is 8.02. The maximum atomic E-state index is 13.6. The minimum atomic E-state index is -0.895. The minimum Gasteiger partial charge on any atom is -0.542 e. The van der Waals surface area contributed by atoms with E-state index in [2.05, 4.69) is 31.3 Å². The molecule has 3 rings (SSSR count). The molecule has 0 amide bonds. The van der Waals surface area contributed by atoms with Crippen LogP contribution >= 0.6 is 11.8 Å². The van der Waals surface area contributed by atoms with E-state index in [1.807, 2.05) is 18.2 Å². The highest BCUT2D eigenvalue weighted by Crippen LogP contribution is 2.34. The molecule has 0 aromatic heterocycles. The van der Waals surface area contributed by atoms with Crippen LogP contribution in [0.5, 0.6) is 11.5 Å². The Kier molecular flexibility index (Phi) is 5.66. The summed E-state index contributed by atoms with van der Waals surface area (Å²) in [6.07, 6.45) is 0. The summed E-state index contributed by atoms with van der Waals surface area (Å²) in [7, 11) is 0.769. The summed E-state index contributed by atoms with van der Waals surface area (Å²) in [5.41, 5.74) is 1.21. The molecule has 0 bridgehead atoms. The van der Waals surface area contributed by atoms with Gasteiger partial charge in [0.15, 0.2) is 0 Å². The highest BCUT2D eigenvalue weighted by molar-refractivity contribution is 7.98. The Morgan fingerprint density at radius 1 is 1.00 bits per heavy atom. The van der Waals surface area contributed by atoms with Gasteiger partial charge in [0.1, 0.15) is 17.3 Å². The van der Waals surface area contributed by atoms with Crippen LogP contribution in [-0.4, -0.2) is 16.2 Å². The van der Waals surface area contributed by atoms with Gasteiger partial charge in [-0.25, -0.2) is 4.39 Å². The van der Waals surface area contributed by atoms with E-state index in [1.165, 1.54) is 11.6 Å². The van der Waals surface area contributed by atoms with Gasteiger partial charge >= 0.3 is 0 Å². The van der Waals surface area contributed by atoms with Crippen molar-refractivity contribution in [1.29, 1.82) is 0 Å². The third-order valence-electron chi connectivity index (χ3n) is 3.73. The van der Waals surface area contributed by atoms with Gasteiger partial charge in [0.05, 0.1) is 7.11 Å². The highest BCUT2D eigenvalue weighted by Gasteiger charge is 2.10. The van der Waals surface area contributed by atoms with Crippen molar-refractivity contribution < 1.29 is 13.6 Å². The number of ether oxygens (including phenoxy) is 1. The van der Waals surface area contributed by atoms with Crippen LogP contribution < -0.4 is 9.16 Å². The van der Waals surface area contributed by atoms with E-state index in [0.29, 0.717) is 0 Å². The van der Waals surface area contributed by atoms with Gasteiger partial charge < -0.3 is 9.16 Å². The molecular formula is C20H20FO2SSi. The second-order valence-corrected chi connectivity index (χ2v) is 9.00. The summed E-state index contributed by atoms with van der Waals surface area (Å²) in [6.45, 7) is 4.19. The van der Waals surface area contributed by atoms with Gasteiger partial charge in [-0.05, 0) is 66.5 Å². The summed E-state index contributed by atoms with van der Waals surface area (Å²) in [5.74, 6) is 2.30. The van der Waals surface area contributed by atoms with Gasteiger partial charge in [-0.15, -0.1) is 11.8 Å². The molecule has 2 nitrogen and oxygen atoms in total. The number of hydrogen-bond donors (Lipinski definition) is 0. The third kappa shape index (κ3) is 4.55. The summed E-state index contributed by atoms with van der Waals surface area (Å²) in [4.78, 5) is 1.08. The zero-order valence-electron chi connectivity index (χ0n) is 14.5. The number of thioether (sulfide) groups is 1. The standard InChI is InChI=1S/C20H20FO2SSi/c1-22-17-7-4-14(5-8-17)13-24-18-11-15-10-16(21)6-9-19(15)20(12-18)23-25(2)3/h4-12H,13H2,1-3H3. The number of fused-ring (bicyclic) bond motifs is 1. The fourth-order valence-electron chi connectivity index (χ4n) is 2.56. The molecule has 0 unspecified atom stereocenters. The number of rotatable bonds is 6. The second-order valence-electron chi connectivity index (χ2n) is 5.93. The third-order valence-corrected chi connectivity index (χ3v) is 5.40. The molecule has 0 spiro atoms. The lowest BCUT2D eigenvalue weighted by molar-refractivity contribution is 0.414. The molecule has 25 heavy (non-hydrogen) atoms. The Hall–Kier alpha value is -1.98. The van der Waals surface area contributed by atoms with E-state index in [9.17, 15) is 4.39 Å². The molecule has 0 aliphatic rings. The van der Waals surface area contributed by atoms with Crippen LogP contribution in [0, 0.1) is 5.82 Å². The Morgan fingerprint density at radius 3 is 2.44 bits per heavy atom. The zero-order chi connectivity index (χ0) is 17.8. The monoisotopic (exact) mass is 371 g/mol. The molecule has 0 aliphatic carbocycles. The Balaban J connectivity index is 1.86. The first kappa shape index (κ1) is 17.8. The number of hydrogen-bond acceptors (Lipinski definition) is 3. The molecule has 0 atom stereocenters. The van der Waals surface area contributed by atoms with E-state index >= 15 is 0 Å². The first-order chi connectivity index (χ1) is 12.0. The van der Waals surface area contributed by atoms with Crippen LogP contribution in [0.25, 0.3) is 10.8 Å². The molecule has 129 valence electrons. The van der Waals surface area contributed by atoms with Crippen LogP contribution in [-0.2, 0) is 5.75 Å². The molecule has 0 saturated heterocycles. The quantitative estimate of drug-likeness (QED) is 0.396. The largest absolute Gasteiger partial charge is 0.542 e. The normalized spacial score (nSPS) is 11.1. The summed E-state index contributed by atoms with van der Waals surface area (Å²) in [5, 5.41) is 1.83. The average Bonchev–Trinajstić information content (AvgIpc) is 2.59. The lowest BCUT2D eigenvalue weighted by Crippen LogP contribution is -2.11. The molecule has 0 aliphatic heterocycles. The smallest absolute Gasteiger partial charge is 0.274 e. The highest BCUT2D eigenvalue weighted by atomic mass is 32.2. The molecule has 5 heteroatoms. The predicted octanol–water partition coefficient (Wildman–Crippen LogP) is 5.91. The summed E-state index contributed by atoms with van der Waals surface area (Å²) >= 11 is 1.72. The van der Waals surface area contributed by atoms with E-state index in [4.69, 9.17) is 9.16 Å². The number of methoxy groups -OCH3 is 1. The Labute approximate surface area is 153 Å². The average molecular weight is 372 g/mol. The number of benzene rings is 3. The summed E-state index contributed by atoms with van der Waals surface area (Å²) in [6, 6.07) is 17.0.